The van der Waals surface area contributed by atoms with Gasteiger partial charge in [-0.05, 0) is 41.4 Å². The first kappa shape index (κ1) is 14.3. The number of aromatic nitrogens is 2. The van der Waals surface area contributed by atoms with Crippen LogP contribution in [0.1, 0.15) is 37.7 Å². The number of rotatable bonds is 3. The maximum Gasteiger partial charge on any atom is 0.433 e. The van der Waals surface area contributed by atoms with E-state index in [0.29, 0.717) is 16.6 Å². The summed E-state index contributed by atoms with van der Waals surface area (Å²) in [4.78, 5) is 16.5. The van der Waals surface area contributed by atoms with Crippen molar-refractivity contribution in [2.24, 2.45) is 10.9 Å². The van der Waals surface area contributed by atoms with Gasteiger partial charge in [0.1, 0.15) is 11.0 Å². The Morgan fingerprint density at radius 1 is 1.27 bits per heavy atom. The second-order valence-electron chi connectivity index (χ2n) is 5.30. The third kappa shape index (κ3) is 3.33. The summed E-state index contributed by atoms with van der Waals surface area (Å²) in [6.45, 7) is 0. The number of hydrogen-bond acceptors (Lipinski definition) is 6. The molecule has 1 heterocycles. The van der Waals surface area contributed by atoms with Crippen LogP contribution in [0.3, 0.4) is 0 Å². The highest BCUT2D eigenvalue weighted by Crippen LogP contribution is 2.17. The Balaban J connectivity index is 1.59. The van der Waals surface area contributed by atoms with E-state index < -0.39 is 6.09 Å². The van der Waals surface area contributed by atoms with Gasteiger partial charge in [-0.15, -0.1) is 0 Å². The summed E-state index contributed by atoms with van der Waals surface area (Å²) in [6.07, 6.45) is 4.84. The van der Waals surface area contributed by atoms with Gasteiger partial charge in [0.2, 0.25) is 0 Å². The quantitative estimate of drug-likeness (QED) is 0.387. The van der Waals surface area contributed by atoms with Crippen LogP contribution in [0.5, 0.6) is 0 Å². The van der Waals surface area contributed by atoms with Crippen LogP contribution in [0.4, 0.5) is 4.79 Å². The Morgan fingerprint density at radius 2 is 2.05 bits per heavy atom. The van der Waals surface area contributed by atoms with Crippen molar-refractivity contribution in [1.82, 2.24) is 15.6 Å². The Bertz CT molecular complexity index is 691. The fraction of sp³-hybridized carbons (Fsp3) is 0.429. The van der Waals surface area contributed by atoms with Crippen molar-refractivity contribution in [3.63, 3.8) is 0 Å². The van der Waals surface area contributed by atoms with Gasteiger partial charge in [-0.2, -0.15) is 0 Å². The minimum absolute atomic E-state index is 0.0868. The summed E-state index contributed by atoms with van der Waals surface area (Å²) in [5, 5.41) is 13.9. The molecule has 1 aliphatic rings. The first-order valence-corrected chi connectivity index (χ1v) is 7.26. The number of hydrogen-bond donors (Lipinski definition) is 2. The molecule has 0 aliphatic heterocycles. The van der Waals surface area contributed by atoms with Crippen molar-refractivity contribution >= 4 is 23.0 Å². The molecule has 22 heavy (non-hydrogen) atoms. The van der Waals surface area contributed by atoms with Crippen molar-refractivity contribution in [3.05, 3.63) is 23.8 Å². The molecule has 0 bridgehead atoms. The van der Waals surface area contributed by atoms with E-state index in [1.54, 1.807) is 18.2 Å². The number of carbonyl (C=O) groups is 1. The molecule has 2 aromatic rings. The molecule has 3 N–H and O–H groups in total. The predicted molar refractivity (Wildman–Crippen MR) is 79.0 cm³/mol. The fourth-order valence-corrected chi connectivity index (χ4v) is 2.52. The van der Waals surface area contributed by atoms with Crippen molar-refractivity contribution < 1.29 is 14.3 Å². The third-order valence-electron chi connectivity index (χ3n) is 3.70. The van der Waals surface area contributed by atoms with Crippen LogP contribution in [0, 0.1) is 0 Å². The lowest BCUT2D eigenvalue weighted by molar-refractivity contribution is 0.143. The highest BCUT2D eigenvalue weighted by Gasteiger charge is 2.16. The number of nitrogens with zero attached hydrogens (tertiary/aromatic N) is 3. The number of nitrogens with two attached hydrogens (primary N) is 1. The average Bonchev–Trinajstić information content (AvgIpc) is 3.01. The van der Waals surface area contributed by atoms with E-state index in [0.717, 1.165) is 25.7 Å². The van der Waals surface area contributed by atoms with Gasteiger partial charge in [-0.25, -0.2) is 9.42 Å². The van der Waals surface area contributed by atoms with Gasteiger partial charge in [0.25, 0.3) is 0 Å². The standard InChI is InChI=1S/C14H17N5O3/c15-13(9-6-7-11-12(8-9)18-22-17-11)19-21-14(20)16-10-4-2-1-3-5-10/h6-8,10H,1-5H2,(H2,15,19)(H,16,20). The number of fused-ring (bicyclic) bond motifs is 1. The van der Waals surface area contributed by atoms with E-state index in [1.807, 2.05) is 0 Å². The smallest absolute Gasteiger partial charge is 0.380 e. The maximum absolute atomic E-state index is 11.7. The van der Waals surface area contributed by atoms with Crippen molar-refractivity contribution in [1.29, 1.82) is 0 Å². The molecule has 8 heteroatoms. The summed E-state index contributed by atoms with van der Waals surface area (Å²) in [5.74, 6) is 0.0868. The lowest BCUT2D eigenvalue weighted by Gasteiger charge is -2.21. The second kappa shape index (κ2) is 6.42. The molecular weight excluding hydrogens is 286 g/mol. The summed E-state index contributed by atoms with van der Waals surface area (Å²) in [6, 6.07) is 5.22. The topological polar surface area (TPSA) is 116 Å². The molecule has 1 fully saturated rings. The van der Waals surface area contributed by atoms with Crippen LogP contribution >= 0.6 is 0 Å². The van der Waals surface area contributed by atoms with Gasteiger partial charge < -0.3 is 11.1 Å². The van der Waals surface area contributed by atoms with Crippen LogP contribution in [-0.4, -0.2) is 28.3 Å². The summed E-state index contributed by atoms with van der Waals surface area (Å²) in [5.41, 5.74) is 7.56. The Morgan fingerprint density at radius 3 is 2.86 bits per heavy atom. The van der Waals surface area contributed by atoms with Gasteiger partial charge in [0.15, 0.2) is 5.84 Å². The molecule has 8 nitrogen and oxygen atoms in total. The molecule has 0 atom stereocenters. The highest BCUT2D eigenvalue weighted by atomic mass is 16.7. The van der Waals surface area contributed by atoms with E-state index in [-0.39, 0.29) is 11.9 Å². The first-order valence-electron chi connectivity index (χ1n) is 7.26. The van der Waals surface area contributed by atoms with Crippen molar-refractivity contribution in [3.8, 4) is 0 Å². The summed E-state index contributed by atoms with van der Waals surface area (Å²) < 4.78 is 4.61. The SMILES string of the molecule is N/C(=N\OC(=O)NC1CCCCC1)c1ccc2nonc2c1. The van der Waals surface area contributed by atoms with Crippen LogP contribution in [-0.2, 0) is 4.84 Å². The molecule has 1 saturated carbocycles. The van der Waals surface area contributed by atoms with Crippen molar-refractivity contribution in [2.75, 3.05) is 0 Å². The molecule has 1 aliphatic carbocycles. The molecule has 116 valence electrons. The summed E-state index contributed by atoms with van der Waals surface area (Å²) in [7, 11) is 0. The molecule has 0 saturated heterocycles. The van der Waals surface area contributed by atoms with E-state index in [2.05, 4.69) is 25.4 Å². The number of benzene rings is 1. The van der Waals surface area contributed by atoms with Gasteiger partial charge in [-0.3, -0.25) is 4.84 Å². The highest BCUT2D eigenvalue weighted by molar-refractivity contribution is 5.99. The van der Waals surface area contributed by atoms with Crippen molar-refractivity contribution in [2.45, 2.75) is 38.1 Å². The second-order valence-corrected chi connectivity index (χ2v) is 5.30. The molecule has 1 aromatic carbocycles. The van der Waals surface area contributed by atoms with E-state index in [4.69, 9.17) is 10.6 Å². The number of oxime groups is 1. The third-order valence-corrected chi connectivity index (χ3v) is 3.70. The van der Waals surface area contributed by atoms with Crippen LogP contribution < -0.4 is 11.1 Å². The lowest BCUT2D eigenvalue weighted by Crippen LogP contribution is -2.36. The zero-order chi connectivity index (χ0) is 15.4. The maximum atomic E-state index is 11.7. The Kier molecular flexibility index (Phi) is 4.17. The normalized spacial score (nSPS) is 16.6. The molecular formula is C14H17N5O3. The molecule has 0 spiro atoms. The monoisotopic (exact) mass is 303 g/mol. The van der Waals surface area contributed by atoms with Crippen LogP contribution in [0.2, 0.25) is 0 Å². The number of amides is 1. The Hall–Kier alpha value is -2.64. The largest absolute Gasteiger partial charge is 0.433 e. The molecule has 1 amide bonds. The zero-order valence-electron chi connectivity index (χ0n) is 12.0. The first-order chi connectivity index (χ1) is 10.7. The van der Waals surface area contributed by atoms with Gasteiger partial charge in [0, 0.05) is 11.6 Å². The van der Waals surface area contributed by atoms with Crippen LogP contribution in [0.25, 0.3) is 11.0 Å². The van der Waals surface area contributed by atoms with Crippen LogP contribution in [0.15, 0.2) is 28.0 Å². The fourth-order valence-electron chi connectivity index (χ4n) is 2.52. The minimum Gasteiger partial charge on any atom is -0.380 e. The zero-order valence-corrected chi connectivity index (χ0v) is 12.0. The predicted octanol–water partition coefficient (Wildman–Crippen LogP) is 1.90. The number of carbonyl (C=O) groups excluding carboxylic acids is 1. The minimum atomic E-state index is -0.584. The average molecular weight is 303 g/mol. The van der Waals surface area contributed by atoms with E-state index >= 15 is 0 Å². The van der Waals surface area contributed by atoms with E-state index in [1.165, 1.54) is 6.42 Å². The number of nitrogens with one attached hydrogen (secondary N) is 1. The molecule has 0 radical (unpaired) electrons. The van der Waals surface area contributed by atoms with Gasteiger partial charge in [-0.1, -0.05) is 24.4 Å². The van der Waals surface area contributed by atoms with E-state index in [9.17, 15) is 4.79 Å². The Labute approximate surface area is 126 Å². The van der Waals surface area contributed by atoms with Gasteiger partial charge in [0.05, 0.1) is 0 Å². The molecule has 1 aromatic heterocycles. The molecule has 3 rings (SSSR count). The number of amidine groups is 1. The summed E-state index contributed by atoms with van der Waals surface area (Å²) >= 11 is 0. The van der Waals surface area contributed by atoms with Gasteiger partial charge >= 0.3 is 6.09 Å². The molecule has 0 unspecified atom stereocenters. The lowest BCUT2D eigenvalue weighted by atomic mass is 9.96.